The largest absolute Gasteiger partial charge is 0.475 e. The number of carbonyl (C=O) groups is 2. The molecule has 0 spiro atoms. The zero-order valence-corrected chi connectivity index (χ0v) is 15.6. The topological polar surface area (TPSA) is 143 Å². The molecule has 0 saturated carbocycles. The number of amides is 1. The molecule has 1 unspecified atom stereocenters. The van der Waals surface area contributed by atoms with Crippen LogP contribution in [-0.2, 0) is 21.4 Å². The number of hydrogen-bond donors (Lipinski definition) is 2. The third-order valence-corrected chi connectivity index (χ3v) is 6.26. The molecule has 1 aliphatic rings. The van der Waals surface area contributed by atoms with Gasteiger partial charge in [0.25, 0.3) is 10.0 Å². The summed E-state index contributed by atoms with van der Waals surface area (Å²) in [6.45, 7) is 3.80. The number of sulfonamides is 1. The van der Waals surface area contributed by atoms with Crippen molar-refractivity contribution >= 4 is 21.9 Å². The van der Waals surface area contributed by atoms with Crippen molar-refractivity contribution in [2.75, 3.05) is 6.54 Å². The molecule has 0 radical (unpaired) electrons. The molecule has 3 heterocycles. The van der Waals surface area contributed by atoms with Crippen LogP contribution in [0.2, 0.25) is 0 Å². The van der Waals surface area contributed by atoms with Crippen LogP contribution in [0.5, 0.6) is 0 Å². The molecule has 1 atom stereocenters. The number of rotatable bonds is 6. The maximum atomic E-state index is 12.8. The van der Waals surface area contributed by atoms with Gasteiger partial charge in [-0.3, -0.25) is 4.79 Å². The average molecular weight is 397 g/mol. The summed E-state index contributed by atoms with van der Waals surface area (Å²) in [6, 6.07) is 1.25. The van der Waals surface area contributed by atoms with Crippen molar-refractivity contribution in [1.82, 2.24) is 14.8 Å². The first kappa shape index (κ1) is 19.1. The lowest BCUT2D eigenvalue weighted by atomic mass is 10.2. The maximum absolute atomic E-state index is 12.8. The minimum Gasteiger partial charge on any atom is -0.475 e. The van der Waals surface area contributed by atoms with E-state index in [0.717, 1.165) is 22.0 Å². The van der Waals surface area contributed by atoms with E-state index in [0.29, 0.717) is 24.3 Å². The first-order chi connectivity index (χ1) is 12.7. The Morgan fingerprint density at radius 1 is 1.37 bits per heavy atom. The molecule has 1 saturated heterocycles. The number of aryl methyl sites for hydroxylation is 2. The molecule has 11 heteroatoms. The first-order valence-corrected chi connectivity index (χ1v) is 9.70. The van der Waals surface area contributed by atoms with E-state index in [1.54, 1.807) is 13.8 Å². The second-order valence-electron chi connectivity index (χ2n) is 6.22. The lowest BCUT2D eigenvalue weighted by Crippen LogP contribution is -2.45. The fraction of sp³-hybridized carbons (Fsp3) is 0.438. The Balaban J connectivity index is 1.75. The normalized spacial score (nSPS) is 17.9. The molecule has 2 N–H and O–H groups in total. The highest BCUT2D eigenvalue weighted by Gasteiger charge is 2.41. The highest BCUT2D eigenvalue weighted by atomic mass is 32.2. The predicted octanol–water partition coefficient (Wildman–Crippen LogP) is 1.05. The summed E-state index contributed by atoms with van der Waals surface area (Å²) in [4.78, 5) is 23.5. The van der Waals surface area contributed by atoms with E-state index in [1.807, 2.05) is 0 Å². The van der Waals surface area contributed by atoms with E-state index in [-0.39, 0.29) is 13.1 Å². The van der Waals surface area contributed by atoms with Gasteiger partial charge in [0.15, 0.2) is 0 Å². The monoisotopic (exact) mass is 397 g/mol. The van der Waals surface area contributed by atoms with E-state index in [2.05, 4.69) is 10.5 Å². The molecular formula is C16H19N3O7S. The molecule has 2 aromatic rings. The number of nitrogens with zero attached hydrogens (tertiary/aromatic N) is 2. The van der Waals surface area contributed by atoms with Crippen LogP contribution in [0.3, 0.4) is 0 Å². The molecule has 3 rings (SSSR count). The zero-order chi connectivity index (χ0) is 19.8. The summed E-state index contributed by atoms with van der Waals surface area (Å²) >= 11 is 0. The molecule has 1 fully saturated rings. The Hall–Kier alpha value is -2.66. The molecule has 1 amide bonds. The number of furan rings is 1. The van der Waals surface area contributed by atoms with Crippen LogP contribution in [0, 0.1) is 13.8 Å². The van der Waals surface area contributed by atoms with Gasteiger partial charge < -0.3 is 19.4 Å². The van der Waals surface area contributed by atoms with E-state index >= 15 is 0 Å². The Bertz CT molecular complexity index is 957. The number of carbonyl (C=O) groups excluding carboxylic acids is 1. The van der Waals surface area contributed by atoms with Gasteiger partial charge in [0.1, 0.15) is 11.8 Å². The minimum atomic E-state index is -4.12. The standard InChI is InChI=1S/C16H19N3O7S/c1-9-11(10(2)26-18-9)8-17-15(20)12-4-3-7-19(12)27(23,24)14-6-5-13(25-14)16(21)22/h5-6,12H,3-4,7-8H2,1-2H3,(H,17,20)(H,21,22). The molecular weight excluding hydrogens is 378 g/mol. The summed E-state index contributed by atoms with van der Waals surface area (Å²) in [5.74, 6) is -1.71. The minimum absolute atomic E-state index is 0.148. The number of carboxylic acids is 1. The fourth-order valence-corrected chi connectivity index (χ4v) is 4.60. The van der Waals surface area contributed by atoms with Crippen molar-refractivity contribution in [2.24, 2.45) is 0 Å². The Kier molecular flexibility index (Phi) is 5.07. The molecule has 27 heavy (non-hydrogen) atoms. The molecule has 146 valence electrons. The van der Waals surface area contributed by atoms with Gasteiger partial charge in [0.2, 0.25) is 16.8 Å². The van der Waals surface area contributed by atoms with E-state index in [1.165, 1.54) is 0 Å². The first-order valence-electron chi connectivity index (χ1n) is 8.26. The third-order valence-electron chi connectivity index (χ3n) is 4.48. The average Bonchev–Trinajstić information content (AvgIpc) is 3.33. The van der Waals surface area contributed by atoms with Crippen LogP contribution in [-0.4, -0.2) is 47.4 Å². The Morgan fingerprint density at radius 2 is 2.11 bits per heavy atom. The lowest BCUT2D eigenvalue weighted by molar-refractivity contribution is -0.124. The second kappa shape index (κ2) is 7.16. The van der Waals surface area contributed by atoms with Crippen molar-refractivity contribution in [1.29, 1.82) is 0 Å². The van der Waals surface area contributed by atoms with E-state index in [4.69, 9.17) is 14.0 Å². The van der Waals surface area contributed by atoms with Gasteiger partial charge in [-0.15, -0.1) is 0 Å². The van der Waals surface area contributed by atoms with Crippen molar-refractivity contribution in [3.63, 3.8) is 0 Å². The van der Waals surface area contributed by atoms with E-state index in [9.17, 15) is 18.0 Å². The molecule has 1 aliphatic heterocycles. The Morgan fingerprint density at radius 3 is 2.70 bits per heavy atom. The number of aromatic nitrogens is 1. The molecule has 2 aromatic heterocycles. The number of hydrogen-bond acceptors (Lipinski definition) is 7. The number of carboxylic acid groups (broad SMARTS) is 1. The van der Waals surface area contributed by atoms with Crippen molar-refractivity contribution in [2.45, 2.75) is 44.4 Å². The van der Waals surface area contributed by atoms with Crippen molar-refractivity contribution in [3.8, 4) is 0 Å². The summed E-state index contributed by atoms with van der Waals surface area (Å²) in [5, 5.41) is 14.9. The fourth-order valence-electron chi connectivity index (χ4n) is 3.03. The van der Waals surface area contributed by atoms with Crippen molar-refractivity contribution in [3.05, 3.63) is 34.9 Å². The maximum Gasteiger partial charge on any atom is 0.371 e. The highest BCUT2D eigenvalue weighted by molar-refractivity contribution is 7.89. The van der Waals surface area contributed by atoms with E-state index < -0.39 is 38.8 Å². The van der Waals surface area contributed by atoms with Gasteiger partial charge in [-0.1, -0.05) is 5.16 Å². The molecule has 0 aromatic carbocycles. The van der Waals surface area contributed by atoms with Gasteiger partial charge in [0.05, 0.1) is 5.69 Å². The smallest absolute Gasteiger partial charge is 0.371 e. The lowest BCUT2D eigenvalue weighted by Gasteiger charge is -2.22. The SMILES string of the molecule is Cc1noc(C)c1CNC(=O)C1CCCN1S(=O)(=O)c1ccc(C(=O)O)o1. The van der Waals surface area contributed by atoms with Gasteiger partial charge in [-0.05, 0) is 38.8 Å². The van der Waals surface area contributed by atoms with Crippen LogP contribution in [0.4, 0.5) is 0 Å². The number of nitrogens with one attached hydrogen (secondary N) is 1. The predicted molar refractivity (Wildman–Crippen MR) is 90.4 cm³/mol. The molecule has 0 aliphatic carbocycles. The molecule has 0 bridgehead atoms. The molecule has 10 nitrogen and oxygen atoms in total. The Labute approximate surface area is 155 Å². The summed E-state index contributed by atoms with van der Waals surface area (Å²) in [7, 11) is -4.12. The second-order valence-corrected chi connectivity index (χ2v) is 8.04. The summed E-state index contributed by atoms with van der Waals surface area (Å²) < 4.78 is 36.5. The van der Waals surface area contributed by atoms with Gasteiger partial charge in [-0.25, -0.2) is 13.2 Å². The van der Waals surface area contributed by atoms with Crippen LogP contribution < -0.4 is 5.32 Å². The third kappa shape index (κ3) is 3.60. The summed E-state index contributed by atoms with van der Waals surface area (Å²) in [5.41, 5.74) is 1.40. The quantitative estimate of drug-likeness (QED) is 0.736. The van der Waals surface area contributed by atoms with Crippen LogP contribution in [0.15, 0.2) is 26.2 Å². The van der Waals surface area contributed by atoms with Gasteiger partial charge >= 0.3 is 5.97 Å². The van der Waals surface area contributed by atoms with Gasteiger partial charge in [0, 0.05) is 18.7 Å². The van der Waals surface area contributed by atoms with Crippen molar-refractivity contribution < 1.29 is 32.1 Å². The van der Waals surface area contributed by atoms with Crippen LogP contribution >= 0.6 is 0 Å². The van der Waals surface area contributed by atoms with Crippen LogP contribution in [0.1, 0.15) is 40.4 Å². The number of aromatic carboxylic acids is 1. The van der Waals surface area contributed by atoms with Crippen LogP contribution in [0.25, 0.3) is 0 Å². The zero-order valence-electron chi connectivity index (χ0n) is 14.8. The highest BCUT2D eigenvalue weighted by Crippen LogP contribution is 2.27. The summed E-state index contributed by atoms with van der Waals surface area (Å²) in [6.07, 6.45) is 0.869. The van der Waals surface area contributed by atoms with Gasteiger partial charge in [-0.2, -0.15) is 4.31 Å².